The molecule has 1 heterocycles. The lowest BCUT2D eigenvalue weighted by Gasteiger charge is -2.11. The molecule has 1 aromatic heterocycles. The molecule has 0 saturated heterocycles. The van der Waals surface area contributed by atoms with Gasteiger partial charge in [0.25, 0.3) is 0 Å². The van der Waals surface area contributed by atoms with E-state index >= 15 is 0 Å². The Morgan fingerprint density at radius 3 is 1.92 bits per heavy atom. The van der Waals surface area contributed by atoms with Crippen LogP contribution in [0.1, 0.15) is 13.8 Å². The molecule has 0 spiro atoms. The van der Waals surface area contributed by atoms with Gasteiger partial charge in [-0.25, -0.2) is 9.48 Å². The van der Waals surface area contributed by atoms with Gasteiger partial charge in [0, 0.05) is 11.1 Å². The Morgan fingerprint density at radius 2 is 1.42 bits per heavy atom. The predicted octanol–water partition coefficient (Wildman–Crippen LogP) is 3.35. The molecule has 0 amide bonds. The van der Waals surface area contributed by atoms with Gasteiger partial charge in [0.15, 0.2) is 0 Å². The van der Waals surface area contributed by atoms with Gasteiger partial charge >= 0.3 is 5.69 Å². The van der Waals surface area contributed by atoms with Crippen LogP contribution in [0.25, 0.3) is 22.5 Å². The zero-order valence-electron chi connectivity index (χ0n) is 14.5. The fourth-order valence-electron chi connectivity index (χ4n) is 2.44. The van der Waals surface area contributed by atoms with Crippen molar-refractivity contribution in [1.29, 1.82) is 0 Å². The van der Waals surface area contributed by atoms with E-state index in [0.717, 1.165) is 11.1 Å². The molecular formula is C20H19N3O3. The number of hydrogen-bond acceptors (Lipinski definition) is 5. The Hall–Kier alpha value is -3.41. The van der Waals surface area contributed by atoms with Crippen LogP contribution in [-0.4, -0.2) is 25.0 Å². The molecule has 132 valence electrons. The van der Waals surface area contributed by atoms with Crippen molar-refractivity contribution in [2.45, 2.75) is 20.4 Å². The molecule has 0 unspecified atom stereocenters. The lowest BCUT2D eigenvalue weighted by molar-refractivity contribution is 0.475. The van der Waals surface area contributed by atoms with Gasteiger partial charge in [-0.2, -0.15) is 10.1 Å². The van der Waals surface area contributed by atoms with Crippen LogP contribution in [0.5, 0.6) is 11.5 Å². The first-order valence-electron chi connectivity index (χ1n) is 8.15. The van der Waals surface area contributed by atoms with E-state index in [4.69, 9.17) is 0 Å². The molecule has 0 atom stereocenters. The summed E-state index contributed by atoms with van der Waals surface area (Å²) >= 11 is 0. The van der Waals surface area contributed by atoms with Gasteiger partial charge in [0.05, 0.1) is 6.54 Å². The summed E-state index contributed by atoms with van der Waals surface area (Å²) in [5.74, 6) is 0.274. The highest BCUT2D eigenvalue weighted by Crippen LogP contribution is 2.29. The second-order valence-electron chi connectivity index (χ2n) is 6.15. The van der Waals surface area contributed by atoms with Gasteiger partial charge in [-0.15, -0.1) is 0 Å². The third-order valence-corrected chi connectivity index (χ3v) is 3.83. The maximum absolute atomic E-state index is 12.4. The normalized spacial score (nSPS) is 10.5. The summed E-state index contributed by atoms with van der Waals surface area (Å²) in [6.45, 7) is 4.23. The van der Waals surface area contributed by atoms with Crippen molar-refractivity contribution < 1.29 is 10.2 Å². The lowest BCUT2D eigenvalue weighted by atomic mass is 10.0. The lowest BCUT2D eigenvalue weighted by Crippen LogP contribution is -2.26. The minimum atomic E-state index is -0.451. The summed E-state index contributed by atoms with van der Waals surface area (Å²) in [7, 11) is 0. The summed E-state index contributed by atoms with van der Waals surface area (Å²) in [6.07, 6.45) is 1.90. The standard InChI is InChI=1S/C20H19N3O3/c1-13(2)11-12-23-20(26)21-18(14-3-7-16(24)8-4-14)19(22-23)15-5-9-17(25)10-6-15/h3-11,24-25H,12H2,1-2H3. The number of hydrogen-bond donors (Lipinski definition) is 2. The van der Waals surface area contributed by atoms with Crippen molar-refractivity contribution in [2.75, 3.05) is 0 Å². The van der Waals surface area contributed by atoms with Gasteiger partial charge in [-0.05, 0) is 62.4 Å². The number of aromatic hydroxyl groups is 2. The monoisotopic (exact) mass is 349 g/mol. The number of phenolic OH excluding ortho intramolecular Hbond substituents is 2. The van der Waals surface area contributed by atoms with Crippen molar-refractivity contribution >= 4 is 0 Å². The quantitative estimate of drug-likeness (QED) is 0.705. The van der Waals surface area contributed by atoms with Crippen LogP contribution >= 0.6 is 0 Å². The molecule has 26 heavy (non-hydrogen) atoms. The molecule has 3 aromatic rings. The molecule has 0 aliphatic heterocycles. The van der Waals surface area contributed by atoms with Crippen molar-refractivity contribution in [2.24, 2.45) is 0 Å². The van der Waals surface area contributed by atoms with Crippen LogP contribution in [0.2, 0.25) is 0 Å². The van der Waals surface area contributed by atoms with Crippen LogP contribution in [0.15, 0.2) is 65.0 Å². The van der Waals surface area contributed by atoms with E-state index in [1.165, 1.54) is 16.8 Å². The molecule has 0 radical (unpaired) electrons. The third kappa shape index (κ3) is 3.80. The number of aromatic nitrogens is 3. The minimum absolute atomic E-state index is 0.129. The molecule has 0 bridgehead atoms. The highest BCUT2D eigenvalue weighted by Gasteiger charge is 2.14. The topological polar surface area (TPSA) is 88.2 Å². The summed E-state index contributed by atoms with van der Waals surface area (Å²) in [4.78, 5) is 16.6. The van der Waals surface area contributed by atoms with Gasteiger partial charge in [0.1, 0.15) is 22.9 Å². The Kier molecular flexibility index (Phi) is 4.84. The van der Waals surface area contributed by atoms with E-state index in [9.17, 15) is 15.0 Å². The zero-order chi connectivity index (χ0) is 18.7. The molecular weight excluding hydrogens is 330 g/mol. The van der Waals surface area contributed by atoms with E-state index in [1.54, 1.807) is 36.4 Å². The van der Waals surface area contributed by atoms with Gasteiger partial charge in [0.2, 0.25) is 0 Å². The molecule has 0 saturated carbocycles. The number of phenols is 2. The van der Waals surface area contributed by atoms with Crippen molar-refractivity contribution in [3.63, 3.8) is 0 Å². The summed E-state index contributed by atoms with van der Waals surface area (Å²) < 4.78 is 1.30. The first-order valence-corrected chi connectivity index (χ1v) is 8.15. The number of rotatable bonds is 4. The van der Waals surface area contributed by atoms with E-state index in [2.05, 4.69) is 10.1 Å². The number of nitrogens with zero attached hydrogens (tertiary/aromatic N) is 3. The Morgan fingerprint density at radius 1 is 0.923 bits per heavy atom. The molecule has 2 N–H and O–H groups in total. The Labute approximate surface area is 150 Å². The van der Waals surface area contributed by atoms with E-state index in [1.807, 2.05) is 19.9 Å². The number of benzene rings is 2. The van der Waals surface area contributed by atoms with Crippen LogP contribution < -0.4 is 5.69 Å². The molecule has 2 aromatic carbocycles. The van der Waals surface area contributed by atoms with E-state index < -0.39 is 5.69 Å². The fraction of sp³-hybridized carbons (Fsp3) is 0.150. The van der Waals surface area contributed by atoms with Crippen molar-refractivity contribution in [3.05, 3.63) is 70.7 Å². The van der Waals surface area contributed by atoms with Crippen molar-refractivity contribution in [1.82, 2.24) is 14.8 Å². The predicted molar refractivity (Wildman–Crippen MR) is 99.9 cm³/mol. The van der Waals surface area contributed by atoms with Crippen molar-refractivity contribution in [3.8, 4) is 34.0 Å². The third-order valence-electron chi connectivity index (χ3n) is 3.83. The SMILES string of the molecule is CC(C)=CCn1nc(-c2ccc(O)cc2)c(-c2ccc(O)cc2)nc1=O. The zero-order valence-corrected chi connectivity index (χ0v) is 14.5. The maximum atomic E-state index is 12.4. The minimum Gasteiger partial charge on any atom is -0.508 e. The average Bonchev–Trinajstić information content (AvgIpc) is 2.62. The highest BCUT2D eigenvalue weighted by atomic mass is 16.3. The van der Waals surface area contributed by atoms with Crippen LogP contribution in [-0.2, 0) is 6.54 Å². The first kappa shape index (κ1) is 17.4. The molecule has 6 heteroatoms. The Bertz CT molecular complexity index is 1000. The van der Waals surface area contributed by atoms with Gasteiger partial charge in [-0.3, -0.25) is 0 Å². The fourth-order valence-corrected chi connectivity index (χ4v) is 2.44. The van der Waals surface area contributed by atoms with Gasteiger partial charge < -0.3 is 10.2 Å². The maximum Gasteiger partial charge on any atom is 0.364 e. The summed E-state index contributed by atoms with van der Waals surface area (Å²) in [5.41, 5.74) is 2.97. The molecule has 0 aliphatic carbocycles. The summed E-state index contributed by atoms with van der Waals surface area (Å²) in [6, 6.07) is 13.0. The Balaban J connectivity index is 2.20. The molecule has 0 fully saturated rings. The van der Waals surface area contributed by atoms with E-state index in [-0.39, 0.29) is 11.5 Å². The molecule has 6 nitrogen and oxygen atoms in total. The largest absolute Gasteiger partial charge is 0.508 e. The van der Waals surface area contributed by atoms with Crippen LogP contribution in [0, 0.1) is 0 Å². The molecule has 3 rings (SSSR count). The number of allylic oxidation sites excluding steroid dienone is 2. The average molecular weight is 349 g/mol. The first-order chi connectivity index (χ1) is 12.4. The van der Waals surface area contributed by atoms with E-state index in [0.29, 0.717) is 23.5 Å². The second kappa shape index (κ2) is 7.23. The molecule has 0 aliphatic rings. The van der Waals surface area contributed by atoms with Crippen LogP contribution in [0.3, 0.4) is 0 Å². The smallest absolute Gasteiger partial charge is 0.364 e. The van der Waals surface area contributed by atoms with Gasteiger partial charge in [-0.1, -0.05) is 11.6 Å². The second-order valence-corrected chi connectivity index (χ2v) is 6.15. The van der Waals surface area contributed by atoms with Crippen LogP contribution in [0.4, 0.5) is 0 Å². The highest BCUT2D eigenvalue weighted by molar-refractivity contribution is 5.77. The summed E-state index contributed by atoms with van der Waals surface area (Å²) in [5, 5.41) is 23.5.